The summed E-state index contributed by atoms with van der Waals surface area (Å²) in [5.41, 5.74) is 3.93. The van der Waals surface area contributed by atoms with Gasteiger partial charge in [-0.2, -0.15) is 0 Å². The molecule has 17 heavy (non-hydrogen) atoms. The summed E-state index contributed by atoms with van der Waals surface area (Å²) in [5.74, 6) is 7.07. The minimum Gasteiger partial charge on any atom is -0.492 e. The van der Waals surface area contributed by atoms with Crippen molar-refractivity contribution in [1.29, 1.82) is 0 Å². The van der Waals surface area contributed by atoms with E-state index in [1.54, 1.807) is 6.20 Å². The van der Waals surface area contributed by atoms with Crippen LogP contribution in [0.1, 0.15) is 45.2 Å². The number of pyridine rings is 1. The van der Waals surface area contributed by atoms with Crippen molar-refractivity contribution in [2.45, 2.75) is 39.7 Å². The molecular formula is C13H23N3O. The highest BCUT2D eigenvalue weighted by Gasteiger charge is 2.11. The van der Waals surface area contributed by atoms with Crippen LogP contribution in [0.3, 0.4) is 0 Å². The van der Waals surface area contributed by atoms with Crippen molar-refractivity contribution in [3.05, 3.63) is 24.0 Å². The van der Waals surface area contributed by atoms with Crippen LogP contribution in [0.25, 0.3) is 0 Å². The van der Waals surface area contributed by atoms with Crippen molar-refractivity contribution >= 4 is 0 Å². The molecule has 4 heteroatoms. The van der Waals surface area contributed by atoms with Gasteiger partial charge in [-0.3, -0.25) is 16.3 Å². The van der Waals surface area contributed by atoms with Gasteiger partial charge in [0.2, 0.25) is 0 Å². The molecule has 0 aromatic carbocycles. The van der Waals surface area contributed by atoms with Crippen LogP contribution in [0, 0.1) is 5.92 Å². The number of nitrogens with zero attached hydrogens (tertiary/aromatic N) is 1. The zero-order valence-corrected chi connectivity index (χ0v) is 10.9. The molecule has 0 aliphatic rings. The Morgan fingerprint density at radius 1 is 1.35 bits per heavy atom. The van der Waals surface area contributed by atoms with Gasteiger partial charge in [0.1, 0.15) is 5.75 Å². The molecule has 1 atom stereocenters. The van der Waals surface area contributed by atoms with Gasteiger partial charge < -0.3 is 4.74 Å². The van der Waals surface area contributed by atoms with Gasteiger partial charge in [0.05, 0.1) is 12.8 Å². The first-order valence-corrected chi connectivity index (χ1v) is 6.21. The second-order valence-corrected chi connectivity index (χ2v) is 4.58. The summed E-state index contributed by atoms with van der Waals surface area (Å²) < 4.78 is 5.44. The highest BCUT2D eigenvalue weighted by Crippen LogP contribution is 2.22. The van der Waals surface area contributed by atoms with Crippen LogP contribution in [0.5, 0.6) is 5.75 Å². The molecular weight excluding hydrogens is 214 g/mol. The van der Waals surface area contributed by atoms with E-state index in [0.717, 1.165) is 24.2 Å². The molecule has 1 heterocycles. The summed E-state index contributed by atoms with van der Waals surface area (Å²) in [6.07, 6.45) is 5.70. The molecule has 0 aliphatic carbocycles. The minimum atomic E-state index is 0.144. The summed E-state index contributed by atoms with van der Waals surface area (Å²) in [6, 6.07) is 2.15. The molecule has 0 bridgehead atoms. The lowest BCUT2D eigenvalue weighted by Gasteiger charge is -2.17. The van der Waals surface area contributed by atoms with Gasteiger partial charge in [0, 0.05) is 12.2 Å². The third-order valence-electron chi connectivity index (χ3n) is 2.68. The fourth-order valence-electron chi connectivity index (χ4n) is 1.72. The van der Waals surface area contributed by atoms with Gasteiger partial charge in [0.15, 0.2) is 0 Å². The molecule has 96 valence electrons. The maximum atomic E-state index is 5.60. The van der Waals surface area contributed by atoms with E-state index < -0.39 is 0 Å². The third kappa shape index (κ3) is 4.71. The maximum Gasteiger partial charge on any atom is 0.137 e. The van der Waals surface area contributed by atoms with E-state index in [1.165, 1.54) is 0 Å². The smallest absolute Gasteiger partial charge is 0.137 e. The van der Waals surface area contributed by atoms with Crippen LogP contribution < -0.4 is 16.0 Å². The summed E-state index contributed by atoms with van der Waals surface area (Å²) >= 11 is 0. The van der Waals surface area contributed by atoms with Crippen molar-refractivity contribution in [2.24, 2.45) is 11.8 Å². The number of hydrogen-bond donors (Lipinski definition) is 2. The number of rotatable bonds is 7. The molecule has 0 saturated heterocycles. The van der Waals surface area contributed by atoms with Crippen LogP contribution >= 0.6 is 0 Å². The molecule has 1 rings (SSSR count). The number of ether oxygens (including phenoxy) is 1. The molecule has 1 unspecified atom stereocenters. The largest absolute Gasteiger partial charge is 0.492 e. The highest BCUT2D eigenvalue weighted by atomic mass is 16.5. The van der Waals surface area contributed by atoms with Crippen molar-refractivity contribution in [3.8, 4) is 5.75 Å². The number of hydrazine groups is 1. The second-order valence-electron chi connectivity index (χ2n) is 4.58. The van der Waals surface area contributed by atoms with Gasteiger partial charge in [0.25, 0.3) is 0 Å². The van der Waals surface area contributed by atoms with E-state index in [1.807, 2.05) is 19.2 Å². The van der Waals surface area contributed by atoms with Crippen molar-refractivity contribution < 1.29 is 4.74 Å². The Morgan fingerprint density at radius 3 is 2.71 bits per heavy atom. The fourth-order valence-corrected chi connectivity index (χ4v) is 1.72. The van der Waals surface area contributed by atoms with E-state index in [0.29, 0.717) is 12.5 Å². The van der Waals surface area contributed by atoms with Crippen molar-refractivity contribution in [3.63, 3.8) is 0 Å². The maximum absolute atomic E-state index is 5.60. The average molecular weight is 237 g/mol. The van der Waals surface area contributed by atoms with Crippen LogP contribution in [0.15, 0.2) is 18.5 Å². The van der Waals surface area contributed by atoms with E-state index in [9.17, 15) is 0 Å². The Hall–Kier alpha value is -1.13. The van der Waals surface area contributed by atoms with E-state index in [4.69, 9.17) is 10.6 Å². The molecule has 0 amide bonds. The number of aromatic nitrogens is 1. The Kier molecular flexibility index (Phi) is 5.94. The number of nitrogens with two attached hydrogens (primary N) is 1. The lowest BCUT2D eigenvalue weighted by molar-refractivity contribution is 0.337. The van der Waals surface area contributed by atoms with Gasteiger partial charge in [-0.1, -0.05) is 13.8 Å². The molecule has 1 aromatic heterocycles. The topological polar surface area (TPSA) is 60.2 Å². The summed E-state index contributed by atoms with van der Waals surface area (Å²) in [6.45, 7) is 7.03. The average Bonchev–Trinajstić information content (AvgIpc) is 2.30. The lowest BCUT2D eigenvalue weighted by atomic mass is 9.99. The highest BCUT2D eigenvalue weighted by molar-refractivity contribution is 5.25. The standard InChI is InChI=1S/C13H23N3O/c1-4-17-12-7-11(8-15-9-12)13(16-14)6-5-10(2)3/h7-10,13,16H,4-6,14H2,1-3H3. The van der Waals surface area contributed by atoms with Crippen molar-refractivity contribution in [1.82, 2.24) is 10.4 Å². The lowest BCUT2D eigenvalue weighted by Crippen LogP contribution is -2.28. The normalized spacial score (nSPS) is 12.8. The zero-order valence-electron chi connectivity index (χ0n) is 10.9. The monoisotopic (exact) mass is 237 g/mol. The van der Waals surface area contributed by atoms with E-state index in [2.05, 4.69) is 24.3 Å². The molecule has 0 aliphatic heterocycles. The number of nitrogens with one attached hydrogen (secondary N) is 1. The first-order chi connectivity index (χ1) is 8.17. The predicted molar refractivity (Wildman–Crippen MR) is 69.5 cm³/mol. The quantitative estimate of drug-likeness (QED) is 0.565. The predicted octanol–water partition coefficient (Wildman–Crippen LogP) is 2.42. The molecule has 0 fully saturated rings. The van der Waals surface area contributed by atoms with Crippen molar-refractivity contribution in [2.75, 3.05) is 6.61 Å². The molecule has 4 nitrogen and oxygen atoms in total. The molecule has 3 N–H and O–H groups in total. The van der Waals surface area contributed by atoms with Crippen LogP contribution in [-0.4, -0.2) is 11.6 Å². The van der Waals surface area contributed by atoms with Gasteiger partial charge in [-0.25, -0.2) is 0 Å². The first kappa shape index (κ1) is 13.9. The Balaban J connectivity index is 2.69. The van der Waals surface area contributed by atoms with E-state index in [-0.39, 0.29) is 6.04 Å². The number of hydrogen-bond acceptors (Lipinski definition) is 4. The zero-order chi connectivity index (χ0) is 12.7. The van der Waals surface area contributed by atoms with Gasteiger partial charge in [-0.05, 0) is 37.3 Å². The van der Waals surface area contributed by atoms with Crippen LogP contribution in [-0.2, 0) is 0 Å². The third-order valence-corrected chi connectivity index (χ3v) is 2.68. The summed E-state index contributed by atoms with van der Waals surface area (Å²) in [4.78, 5) is 4.18. The fraction of sp³-hybridized carbons (Fsp3) is 0.615. The molecule has 0 spiro atoms. The Labute approximate surface area is 104 Å². The Bertz CT molecular complexity index is 328. The SMILES string of the molecule is CCOc1cncc(C(CCC(C)C)NN)c1. The van der Waals surface area contributed by atoms with Gasteiger partial charge in [-0.15, -0.1) is 0 Å². The molecule has 1 aromatic rings. The first-order valence-electron chi connectivity index (χ1n) is 6.21. The van der Waals surface area contributed by atoms with Crippen LogP contribution in [0.2, 0.25) is 0 Å². The summed E-state index contributed by atoms with van der Waals surface area (Å²) in [7, 11) is 0. The Morgan fingerprint density at radius 2 is 2.12 bits per heavy atom. The minimum absolute atomic E-state index is 0.144. The summed E-state index contributed by atoms with van der Waals surface area (Å²) in [5, 5.41) is 0. The van der Waals surface area contributed by atoms with Gasteiger partial charge >= 0.3 is 0 Å². The molecule has 0 radical (unpaired) electrons. The molecule has 0 saturated carbocycles. The second kappa shape index (κ2) is 7.25. The van der Waals surface area contributed by atoms with Crippen LogP contribution in [0.4, 0.5) is 0 Å². The van der Waals surface area contributed by atoms with E-state index >= 15 is 0 Å².